The van der Waals surface area contributed by atoms with Crippen LogP contribution in [0.5, 0.6) is 0 Å². The van der Waals surface area contributed by atoms with Crippen molar-refractivity contribution in [3.63, 3.8) is 0 Å². The molecule has 1 unspecified atom stereocenters. The normalized spacial score (nSPS) is 22.0. The fraction of sp³-hybridized carbons (Fsp3) is 0.696. The number of sulfonamides is 1. The van der Waals surface area contributed by atoms with E-state index in [-0.39, 0.29) is 5.54 Å². The first-order valence-corrected chi connectivity index (χ1v) is 13.6. The Morgan fingerprint density at radius 3 is 2.47 bits per heavy atom. The van der Waals surface area contributed by atoms with Gasteiger partial charge in [0.15, 0.2) is 6.10 Å². The molecule has 7 nitrogen and oxygen atoms in total. The number of fused-ring (bicyclic) bond motifs is 1. The predicted molar refractivity (Wildman–Crippen MR) is 122 cm³/mol. The van der Waals surface area contributed by atoms with Crippen LogP contribution in [0.2, 0.25) is 0 Å². The van der Waals surface area contributed by atoms with Crippen LogP contribution in [0.1, 0.15) is 50.2 Å². The van der Waals surface area contributed by atoms with Crippen molar-refractivity contribution >= 4 is 21.8 Å². The van der Waals surface area contributed by atoms with Gasteiger partial charge in [-0.1, -0.05) is 18.2 Å². The lowest BCUT2D eigenvalue weighted by atomic mass is 9.84. The molecular weight excluding hydrogens is 471 g/mol. The average molecular weight is 504 g/mol. The van der Waals surface area contributed by atoms with Gasteiger partial charge in [0.25, 0.3) is 0 Å². The maximum Gasteiger partial charge on any atom is 0.425 e. The summed E-state index contributed by atoms with van der Waals surface area (Å²) in [7, 11) is -3.39. The summed E-state index contributed by atoms with van der Waals surface area (Å²) in [5.74, 6) is 0. The van der Waals surface area contributed by atoms with E-state index in [9.17, 15) is 26.4 Å². The van der Waals surface area contributed by atoms with Gasteiger partial charge in [0.2, 0.25) is 10.0 Å². The first-order chi connectivity index (χ1) is 15.9. The number of hydrogen-bond acceptors (Lipinski definition) is 5. The first kappa shape index (κ1) is 25.1. The second-order valence-electron chi connectivity index (χ2n) is 9.67. The average Bonchev–Trinajstić information content (AvgIpc) is 3.14. The molecule has 4 rings (SSSR count). The third-order valence-electron chi connectivity index (χ3n) is 7.45. The van der Waals surface area contributed by atoms with Gasteiger partial charge in [0.05, 0.1) is 11.9 Å². The zero-order valence-electron chi connectivity index (χ0n) is 19.6. The van der Waals surface area contributed by atoms with Crippen LogP contribution in [0.15, 0.2) is 18.2 Å². The predicted octanol–water partition coefficient (Wildman–Crippen LogP) is 3.92. The Morgan fingerprint density at radius 1 is 1.12 bits per heavy atom. The number of ether oxygens (including phenoxy) is 1. The van der Waals surface area contributed by atoms with Crippen LogP contribution in [0.4, 0.5) is 23.7 Å². The zero-order chi connectivity index (χ0) is 24.7. The fourth-order valence-electron chi connectivity index (χ4n) is 5.56. The Kier molecular flexibility index (Phi) is 6.80. The van der Waals surface area contributed by atoms with E-state index in [0.717, 1.165) is 56.0 Å². The summed E-state index contributed by atoms with van der Waals surface area (Å²) in [4.78, 5) is 16.0. The van der Waals surface area contributed by atoms with Gasteiger partial charge in [-0.15, -0.1) is 0 Å². The third-order valence-corrected chi connectivity index (χ3v) is 8.62. The molecule has 1 atom stereocenters. The minimum atomic E-state index is -4.58. The summed E-state index contributed by atoms with van der Waals surface area (Å²) >= 11 is 0. The Bertz CT molecular complexity index is 1020. The van der Waals surface area contributed by atoms with Crippen molar-refractivity contribution in [2.45, 2.75) is 69.8 Å². The molecule has 1 amide bonds. The molecule has 1 aromatic rings. The minimum absolute atomic E-state index is 0.153. The number of amides is 1. The van der Waals surface area contributed by atoms with E-state index < -0.39 is 28.4 Å². The molecule has 0 aliphatic carbocycles. The number of benzene rings is 1. The quantitative estimate of drug-likeness (QED) is 0.623. The summed E-state index contributed by atoms with van der Waals surface area (Å²) in [5, 5.41) is 0. The maximum atomic E-state index is 12.8. The molecule has 1 spiro atoms. The molecule has 0 saturated carbocycles. The smallest absolute Gasteiger partial charge is 0.425 e. The molecule has 1 aromatic carbocycles. The standard InChI is InChI=1S/C23H32F3N3O4S/c1-17(23(24,25)26)33-21(30)27-14-10-22(11-15-27)9-5-12-28(22)16-19-7-3-6-18-8-4-13-29(20(18)19)34(2,31)32/h3,6-7,17H,4-5,8-16H2,1-2H3. The van der Waals surface area contributed by atoms with Crippen LogP contribution >= 0.6 is 0 Å². The lowest BCUT2D eigenvalue weighted by Gasteiger charge is -2.45. The number of piperidine rings is 1. The van der Waals surface area contributed by atoms with Gasteiger partial charge in [-0.3, -0.25) is 9.21 Å². The summed E-state index contributed by atoms with van der Waals surface area (Å²) < 4.78 is 69.3. The van der Waals surface area contributed by atoms with Crippen LogP contribution in [0.25, 0.3) is 0 Å². The lowest BCUT2D eigenvalue weighted by molar-refractivity contribution is -0.200. The number of alkyl halides is 3. The number of rotatable bonds is 4. The van der Waals surface area contributed by atoms with Gasteiger partial charge in [-0.25, -0.2) is 13.2 Å². The van der Waals surface area contributed by atoms with E-state index in [1.807, 2.05) is 18.2 Å². The molecule has 3 heterocycles. The topological polar surface area (TPSA) is 70.2 Å². The highest BCUT2D eigenvalue weighted by molar-refractivity contribution is 7.92. The molecule has 3 aliphatic heterocycles. The number of nitrogens with zero attached hydrogens (tertiary/aromatic N) is 3. The van der Waals surface area contributed by atoms with Gasteiger partial charge in [0, 0.05) is 31.7 Å². The van der Waals surface area contributed by atoms with E-state index in [0.29, 0.717) is 39.0 Å². The minimum Gasteiger partial charge on any atom is -0.437 e. The van der Waals surface area contributed by atoms with Gasteiger partial charge < -0.3 is 9.64 Å². The van der Waals surface area contributed by atoms with Crippen molar-refractivity contribution in [1.29, 1.82) is 0 Å². The van der Waals surface area contributed by atoms with E-state index in [2.05, 4.69) is 9.64 Å². The summed E-state index contributed by atoms with van der Waals surface area (Å²) in [6.07, 6.45) is -1.55. The molecule has 0 bridgehead atoms. The van der Waals surface area contributed by atoms with Gasteiger partial charge in [-0.2, -0.15) is 13.2 Å². The van der Waals surface area contributed by atoms with E-state index >= 15 is 0 Å². The van der Waals surface area contributed by atoms with Crippen LogP contribution in [0, 0.1) is 0 Å². The van der Waals surface area contributed by atoms with Crippen molar-refractivity contribution in [3.05, 3.63) is 29.3 Å². The highest BCUT2D eigenvalue weighted by Gasteiger charge is 2.45. The molecule has 0 N–H and O–H groups in total. The number of carbonyl (C=O) groups excluding carboxylic acids is 1. The van der Waals surface area contributed by atoms with Crippen molar-refractivity contribution in [1.82, 2.24) is 9.80 Å². The highest BCUT2D eigenvalue weighted by atomic mass is 32.2. The molecule has 0 radical (unpaired) electrons. The van der Waals surface area contributed by atoms with E-state index in [1.54, 1.807) is 0 Å². The molecule has 0 aromatic heterocycles. The van der Waals surface area contributed by atoms with Gasteiger partial charge in [0.1, 0.15) is 0 Å². The summed E-state index contributed by atoms with van der Waals surface area (Å²) in [6.45, 7) is 3.44. The molecular formula is C23H32F3N3O4S. The molecule has 2 saturated heterocycles. The zero-order valence-corrected chi connectivity index (χ0v) is 20.4. The van der Waals surface area contributed by atoms with Crippen LogP contribution in [-0.4, -0.2) is 74.6 Å². The Hall–Kier alpha value is -2.01. The molecule has 3 aliphatic rings. The lowest BCUT2D eigenvalue weighted by Crippen LogP contribution is -2.53. The number of anilines is 1. The third kappa shape index (κ3) is 5.00. The van der Waals surface area contributed by atoms with Crippen molar-refractivity contribution in [3.8, 4) is 0 Å². The monoisotopic (exact) mass is 503 g/mol. The summed E-state index contributed by atoms with van der Waals surface area (Å²) in [6, 6.07) is 5.95. The van der Waals surface area contributed by atoms with Gasteiger partial charge in [-0.05, 0) is 63.1 Å². The first-order valence-electron chi connectivity index (χ1n) is 11.8. The van der Waals surface area contributed by atoms with Crippen molar-refractivity contribution in [2.75, 3.05) is 36.7 Å². The molecule has 2 fully saturated rings. The molecule has 11 heteroatoms. The fourth-order valence-corrected chi connectivity index (χ4v) is 6.59. The number of para-hydroxylation sites is 1. The number of carbonyl (C=O) groups is 1. The van der Waals surface area contributed by atoms with E-state index in [4.69, 9.17) is 0 Å². The van der Waals surface area contributed by atoms with Crippen LogP contribution in [-0.2, 0) is 27.7 Å². The SMILES string of the molecule is CC(OC(=O)N1CCC2(CCCN2Cc2cccc3c2N(S(C)(=O)=O)CCC3)CC1)C(F)(F)F. The van der Waals surface area contributed by atoms with E-state index in [1.165, 1.54) is 15.5 Å². The maximum absolute atomic E-state index is 12.8. The highest BCUT2D eigenvalue weighted by Crippen LogP contribution is 2.42. The Morgan fingerprint density at radius 2 is 1.82 bits per heavy atom. The molecule has 34 heavy (non-hydrogen) atoms. The number of aryl methyl sites for hydroxylation is 1. The number of likely N-dealkylation sites (tertiary alicyclic amines) is 2. The largest absolute Gasteiger partial charge is 0.437 e. The van der Waals surface area contributed by atoms with Crippen molar-refractivity contribution < 1.29 is 31.1 Å². The second kappa shape index (κ2) is 9.22. The van der Waals surface area contributed by atoms with Crippen LogP contribution in [0.3, 0.4) is 0 Å². The summed E-state index contributed by atoms with van der Waals surface area (Å²) in [5.41, 5.74) is 2.66. The Balaban J connectivity index is 1.47. The number of halogens is 3. The van der Waals surface area contributed by atoms with Crippen molar-refractivity contribution in [2.24, 2.45) is 0 Å². The number of hydrogen-bond donors (Lipinski definition) is 0. The second-order valence-corrected chi connectivity index (χ2v) is 11.6. The molecule has 190 valence electrons. The van der Waals surface area contributed by atoms with Gasteiger partial charge >= 0.3 is 12.3 Å². The Labute approximate surface area is 198 Å². The van der Waals surface area contributed by atoms with Crippen LogP contribution < -0.4 is 4.31 Å².